The fraction of sp³-hybridized carbons (Fsp3) is 1.00. The van der Waals surface area contributed by atoms with Crippen molar-refractivity contribution in [3.63, 3.8) is 0 Å². The minimum Gasteiger partial charge on any atom is -0.363 e. The van der Waals surface area contributed by atoms with E-state index in [1.807, 2.05) is 4.90 Å². The van der Waals surface area contributed by atoms with Crippen LogP contribution in [0.4, 0.5) is 4.39 Å². The molecule has 1 fully saturated rings. The number of aliphatic hydroxyl groups excluding tert-OH is 1. The Balaban J connectivity index is 2.11. The summed E-state index contributed by atoms with van der Waals surface area (Å²) in [5.41, 5.74) is 0. The van der Waals surface area contributed by atoms with Crippen molar-refractivity contribution in [1.82, 2.24) is 4.90 Å². The quantitative estimate of drug-likeness (QED) is 0.588. The van der Waals surface area contributed by atoms with E-state index in [0.717, 1.165) is 25.9 Å². The number of β-amino-alcohol motifs (C(OH)–C–C–N with tert-alkyl or cyclic N) is 1. The number of halogens is 1. The molecule has 1 atom stereocenters. The zero-order valence-corrected chi connectivity index (χ0v) is 5.39. The number of likely N-dealkylation sites (tertiary alicyclic amines) is 1. The smallest absolute Gasteiger partial charge is 0.209 e. The second-order valence-electron chi connectivity index (χ2n) is 2.44. The number of aliphatic hydroxyl groups is 1. The van der Waals surface area contributed by atoms with Gasteiger partial charge in [-0.25, -0.2) is 4.39 Å². The summed E-state index contributed by atoms with van der Waals surface area (Å²) in [5.74, 6) is 0. The Hall–Kier alpha value is -0.150. The van der Waals surface area contributed by atoms with Crippen LogP contribution < -0.4 is 0 Å². The maximum absolute atomic E-state index is 11.9. The Labute approximate surface area is 54.3 Å². The lowest BCUT2D eigenvalue weighted by Gasteiger charge is -2.13. The van der Waals surface area contributed by atoms with Crippen molar-refractivity contribution in [2.45, 2.75) is 19.2 Å². The van der Waals surface area contributed by atoms with Crippen molar-refractivity contribution in [2.75, 3.05) is 19.6 Å². The number of hydrogen-bond donors (Lipinski definition) is 1. The zero-order valence-electron chi connectivity index (χ0n) is 5.39. The van der Waals surface area contributed by atoms with E-state index in [2.05, 4.69) is 0 Å². The molecule has 0 aromatic rings. The normalized spacial score (nSPS) is 24.7. The molecule has 1 rings (SSSR count). The average Bonchev–Trinajstić information content (AvgIpc) is 2.15. The summed E-state index contributed by atoms with van der Waals surface area (Å²) in [6.45, 7) is 2.09. The van der Waals surface area contributed by atoms with Crippen LogP contribution in [-0.4, -0.2) is 36.0 Å². The zero-order chi connectivity index (χ0) is 6.69. The van der Waals surface area contributed by atoms with Gasteiger partial charge in [-0.1, -0.05) is 0 Å². The van der Waals surface area contributed by atoms with Crippen molar-refractivity contribution >= 4 is 0 Å². The second-order valence-corrected chi connectivity index (χ2v) is 2.44. The molecule has 0 aromatic heterocycles. The van der Waals surface area contributed by atoms with Crippen molar-refractivity contribution in [3.8, 4) is 0 Å². The van der Waals surface area contributed by atoms with Crippen LogP contribution in [0, 0.1) is 0 Å². The third-order valence-electron chi connectivity index (χ3n) is 1.61. The van der Waals surface area contributed by atoms with Crippen LogP contribution in [0.2, 0.25) is 0 Å². The number of alkyl halides is 1. The molecule has 0 saturated carbocycles. The maximum Gasteiger partial charge on any atom is 0.209 e. The Morgan fingerprint density at radius 1 is 1.44 bits per heavy atom. The highest BCUT2D eigenvalue weighted by molar-refractivity contribution is 4.65. The molecule has 0 radical (unpaired) electrons. The molecule has 1 aliphatic heterocycles. The largest absolute Gasteiger partial charge is 0.363 e. The summed E-state index contributed by atoms with van der Waals surface area (Å²) < 4.78 is 11.9. The average molecular weight is 133 g/mol. The highest BCUT2D eigenvalue weighted by Crippen LogP contribution is 2.07. The fourth-order valence-electron chi connectivity index (χ4n) is 1.18. The highest BCUT2D eigenvalue weighted by atomic mass is 19.1. The molecule has 54 valence electrons. The summed E-state index contributed by atoms with van der Waals surface area (Å²) >= 11 is 0. The van der Waals surface area contributed by atoms with Crippen molar-refractivity contribution < 1.29 is 9.50 Å². The molecule has 1 heterocycles. The first-order valence-electron chi connectivity index (χ1n) is 3.33. The van der Waals surface area contributed by atoms with Gasteiger partial charge >= 0.3 is 0 Å². The standard InChI is InChI=1S/C6H12FNO/c7-6(9)5-8-3-1-2-4-8/h6,9H,1-5H2. The molecule has 1 aliphatic rings. The molecule has 0 aromatic carbocycles. The summed E-state index contributed by atoms with van der Waals surface area (Å²) in [5, 5.41) is 8.30. The summed E-state index contributed by atoms with van der Waals surface area (Å²) in [7, 11) is 0. The van der Waals surface area contributed by atoms with Gasteiger partial charge in [0, 0.05) is 0 Å². The lowest BCUT2D eigenvalue weighted by molar-refractivity contribution is 0.0142. The first-order valence-corrected chi connectivity index (χ1v) is 3.33. The molecular formula is C6H12FNO. The second kappa shape index (κ2) is 3.13. The molecule has 0 amide bonds. The Morgan fingerprint density at radius 2 is 2.00 bits per heavy atom. The molecule has 2 nitrogen and oxygen atoms in total. The molecule has 0 bridgehead atoms. The summed E-state index contributed by atoms with van der Waals surface area (Å²) in [6.07, 6.45) is 0.641. The summed E-state index contributed by atoms with van der Waals surface area (Å²) in [4.78, 5) is 1.94. The van der Waals surface area contributed by atoms with E-state index in [4.69, 9.17) is 5.11 Å². The lowest BCUT2D eigenvalue weighted by Crippen LogP contribution is -2.27. The van der Waals surface area contributed by atoms with E-state index in [1.165, 1.54) is 0 Å². The van der Waals surface area contributed by atoms with Crippen molar-refractivity contribution in [1.29, 1.82) is 0 Å². The van der Waals surface area contributed by atoms with Crippen LogP contribution in [-0.2, 0) is 0 Å². The van der Waals surface area contributed by atoms with Gasteiger partial charge in [-0.2, -0.15) is 0 Å². The number of nitrogens with zero attached hydrogens (tertiary/aromatic N) is 1. The third-order valence-corrected chi connectivity index (χ3v) is 1.61. The molecule has 3 heteroatoms. The Bertz CT molecular complexity index is 81.1. The van der Waals surface area contributed by atoms with Crippen LogP contribution >= 0.6 is 0 Å². The van der Waals surface area contributed by atoms with Gasteiger partial charge in [-0.3, -0.25) is 4.90 Å². The SMILES string of the molecule is OC(F)CN1CCCC1. The lowest BCUT2D eigenvalue weighted by atomic mass is 10.4. The van der Waals surface area contributed by atoms with Crippen molar-refractivity contribution in [2.24, 2.45) is 0 Å². The van der Waals surface area contributed by atoms with Gasteiger partial charge in [0.05, 0.1) is 6.54 Å². The van der Waals surface area contributed by atoms with E-state index in [0.29, 0.717) is 0 Å². The van der Waals surface area contributed by atoms with Gasteiger partial charge in [0.2, 0.25) is 6.36 Å². The topological polar surface area (TPSA) is 23.5 Å². The van der Waals surface area contributed by atoms with E-state index in [1.54, 1.807) is 0 Å². The van der Waals surface area contributed by atoms with E-state index in [-0.39, 0.29) is 6.54 Å². The molecule has 0 aliphatic carbocycles. The first kappa shape index (κ1) is 6.96. The third kappa shape index (κ3) is 2.28. The van der Waals surface area contributed by atoms with Crippen LogP contribution in [0.15, 0.2) is 0 Å². The predicted molar refractivity (Wildman–Crippen MR) is 32.8 cm³/mol. The maximum atomic E-state index is 11.9. The van der Waals surface area contributed by atoms with Crippen LogP contribution in [0.25, 0.3) is 0 Å². The minimum atomic E-state index is -1.65. The van der Waals surface area contributed by atoms with Crippen LogP contribution in [0.1, 0.15) is 12.8 Å². The van der Waals surface area contributed by atoms with Crippen LogP contribution in [0.3, 0.4) is 0 Å². The van der Waals surface area contributed by atoms with Crippen LogP contribution in [0.5, 0.6) is 0 Å². The number of hydrogen-bond acceptors (Lipinski definition) is 2. The molecule has 1 unspecified atom stereocenters. The molecular weight excluding hydrogens is 121 g/mol. The molecule has 0 spiro atoms. The minimum absolute atomic E-state index is 0.194. The van der Waals surface area contributed by atoms with Gasteiger partial charge in [-0.15, -0.1) is 0 Å². The monoisotopic (exact) mass is 133 g/mol. The van der Waals surface area contributed by atoms with Gasteiger partial charge in [0.25, 0.3) is 0 Å². The highest BCUT2D eigenvalue weighted by Gasteiger charge is 2.14. The van der Waals surface area contributed by atoms with Gasteiger partial charge < -0.3 is 5.11 Å². The van der Waals surface area contributed by atoms with E-state index >= 15 is 0 Å². The van der Waals surface area contributed by atoms with E-state index < -0.39 is 6.36 Å². The molecule has 9 heavy (non-hydrogen) atoms. The van der Waals surface area contributed by atoms with E-state index in [9.17, 15) is 4.39 Å². The number of rotatable bonds is 2. The van der Waals surface area contributed by atoms with Gasteiger partial charge in [-0.05, 0) is 25.9 Å². The Morgan fingerprint density at radius 3 is 2.44 bits per heavy atom. The first-order chi connectivity index (χ1) is 4.29. The predicted octanol–water partition coefficient (Wildman–Crippen LogP) is 0.370. The Kier molecular flexibility index (Phi) is 2.42. The summed E-state index contributed by atoms with van der Waals surface area (Å²) in [6, 6.07) is 0. The molecule has 1 N–H and O–H groups in total. The molecule has 1 saturated heterocycles. The van der Waals surface area contributed by atoms with Crippen molar-refractivity contribution in [3.05, 3.63) is 0 Å². The fourth-order valence-corrected chi connectivity index (χ4v) is 1.18. The van der Waals surface area contributed by atoms with Gasteiger partial charge in [0.1, 0.15) is 0 Å². The van der Waals surface area contributed by atoms with Gasteiger partial charge in [0.15, 0.2) is 0 Å².